The summed E-state index contributed by atoms with van der Waals surface area (Å²) < 4.78 is 4.97. The van der Waals surface area contributed by atoms with Crippen molar-refractivity contribution in [2.45, 2.75) is 6.42 Å². The maximum atomic E-state index is 12.3. The average Bonchev–Trinajstić information content (AvgIpc) is 3.14. The molecule has 1 aliphatic heterocycles. The van der Waals surface area contributed by atoms with Crippen LogP contribution in [0.2, 0.25) is 10.0 Å². The minimum absolute atomic E-state index is 0.0596. The molecular weight excluding hydrogens is 433 g/mol. The summed E-state index contributed by atoms with van der Waals surface area (Å²) >= 11 is 12.1. The van der Waals surface area contributed by atoms with E-state index < -0.39 is 30.3 Å². The highest BCUT2D eigenvalue weighted by Crippen LogP contribution is 2.35. The van der Waals surface area contributed by atoms with Crippen molar-refractivity contribution < 1.29 is 23.9 Å². The van der Waals surface area contributed by atoms with Gasteiger partial charge in [0.2, 0.25) is 5.91 Å². The smallest absolute Gasteiger partial charge is 0.311 e. The first kappa shape index (κ1) is 21.6. The summed E-state index contributed by atoms with van der Waals surface area (Å²) in [6, 6.07) is 13.1. The standard InChI is InChI=1S/C20H17Cl2N3O5/c21-14-7-4-8-15(18(14)22)25-10-13(9-17(25)27)20(29)30-11-16(26)23-24-19(28)12-5-2-1-3-6-12/h1-8,13H,9-11H2,(H,23,26)(H,24,28)/t13-/m1/s1. The summed E-state index contributed by atoms with van der Waals surface area (Å²) in [5.74, 6) is -2.98. The Labute approximate surface area is 182 Å². The molecule has 0 aromatic heterocycles. The molecule has 156 valence electrons. The zero-order valence-corrected chi connectivity index (χ0v) is 17.1. The van der Waals surface area contributed by atoms with Gasteiger partial charge in [0, 0.05) is 18.5 Å². The molecular formula is C20H17Cl2N3O5. The fourth-order valence-corrected chi connectivity index (χ4v) is 3.28. The van der Waals surface area contributed by atoms with Crippen molar-refractivity contribution in [2.75, 3.05) is 18.1 Å². The highest BCUT2D eigenvalue weighted by Gasteiger charge is 2.37. The van der Waals surface area contributed by atoms with E-state index >= 15 is 0 Å². The van der Waals surface area contributed by atoms with E-state index in [1.54, 1.807) is 48.5 Å². The van der Waals surface area contributed by atoms with Crippen LogP contribution in [0.4, 0.5) is 5.69 Å². The Morgan fingerprint density at radius 3 is 2.50 bits per heavy atom. The lowest BCUT2D eigenvalue weighted by Gasteiger charge is -2.18. The minimum atomic E-state index is -0.751. The van der Waals surface area contributed by atoms with Gasteiger partial charge >= 0.3 is 5.97 Å². The van der Waals surface area contributed by atoms with Gasteiger partial charge in [-0.2, -0.15) is 0 Å². The number of rotatable bonds is 5. The van der Waals surface area contributed by atoms with Crippen LogP contribution in [0.15, 0.2) is 48.5 Å². The molecule has 8 nitrogen and oxygen atoms in total. The van der Waals surface area contributed by atoms with Crippen LogP contribution in [0.25, 0.3) is 0 Å². The number of hydrazine groups is 1. The van der Waals surface area contributed by atoms with E-state index in [-0.39, 0.29) is 23.9 Å². The maximum Gasteiger partial charge on any atom is 0.311 e. The van der Waals surface area contributed by atoms with Gasteiger partial charge in [0.1, 0.15) is 0 Å². The lowest BCUT2D eigenvalue weighted by Crippen LogP contribution is -2.43. The fraction of sp³-hybridized carbons (Fsp3) is 0.200. The Kier molecular flexibility index (Phi) is 6.91. The summed E-state index contributed by atoms with van der Waals surface area (Å²) in [6.45, 7) is -0.541. The molecule has 1 atom stereocenters. The second kappa shape index (κ2) is 9.60. The van der Waals surface area contributed by atoms with Crippen molar-refractivity contribution in [3.63, 3.8) is 0 Å². The normalized spacial score (nSPS) is 15.6. The number of amides is 3. The first-order chi connectivity index (χ1) is 14.4. The molecule has 2 aromatic carbocycles. The molecule has 1 fully saturated rings. The number of nitrogens with one attached hydrogen (secondary N) is 2. The average molecular weight is 450 g/mol. The van der Waals surface area contributed by atoms with Crippen LogP contribution in [0.3, 0.4) is 0 Å². The van der Waals surface area contributed by atoms with Crippen LogP contribution in [-0.4, -0.2) is 36.8 Å². The third-order valence-electron chi connectivity index (χ3n) is 4.38. The lowest BCUT2D eigenvalue weighted by molar-refractivity contribution is -0.152. The molecule has 1 saturated heterocycles. The molecule has 30 heavy (non-hydrogen) atoms. The van der Waals surface area contributed by atoms with Gasteiger partial charge in [0.15, 0.2) is 6.61 Å². The topological polar surface area (TPSA) is 105 Å². The monoisotopic (exact) mass is 449 g/mol. The summed E-state index contributed by atoms with van der Waals surface area (Å²) in [5.41, 5.74) is 5.15. The SMILES string of the molecule is O=C(COC(=O)[C@@H]1CC(=O)N(c2cccc(Cl)c2Cl)C1)NNC(=O)c1ccccc1. The van der Waals surface area contributed by atoms with E-state index in [9.17, 15) is 19.2 Å². The Morgan fingerprint density at radius 1 is 1.03 bits per heavy atom. The van der Waals surface area contributed by atoms with E-state index in [1.165, 1.54) is 4.90 Å². The number of carbonyl (C=O) groups excluding carboxylic acids is 4. The fourth-order valence-electron chi connectivity index (χ4n) is 2.88. The largest absolute Gasteiger partial charge is 0.455 e. The highest BCUT2D eigenvalue weighted by molar-refractivity contribution is 6.44. The van der Waals surface area contributed by atoms with Crippen molar-refractivity contribution in [1.29, 1.82) is 0 Å². The molecule has 2 aromatic rings. The quantitative estimate of drug-likeness (QED) is 0.538. The van der Waals surface area contributed by atoms with E-state index in [4.69, 9.17) is 27.9 Å². The number of carbonyl (C=O) groups is 4. The van der Waals surface area contributed by atoms with Gasteiger partial charge in [-0.25, -0.2) is 0 Å². The number of esters is 1. The van der Waals surface area contributed by atoms with Gasteiger partial charge in [-0.15, -0.1) is 0 Å². The van der Waals surface area contributed by atoms with Crippen LogP contribution in [0.1, 0.15) is 16.8 Å². The Morgan fingerprint density at radius 2 is 1.77 bits per heavy atom. The second-order valence-corrected chi connectivity index (χ2v) is 7.24. The van der Waals surface area contributed by atoms with Crippen LogP contribution < -0.4 is 15.8 Å². The highest BCUT2D eigenvalue weighted by atomic mass is 35.5. The predicted octanol–water partition coefficient (Wildman–Crippen LogP) is 2.35. The summed E-state index contributed by atoms with van der Waals surface area (Å²) in [6.07, 6.45) is -0.0754. The van der Waals surface area contributed by atoms with Crippen LogP contribution in [0.5, 0.6) is 0 Å². The number of ether oxygens (including phenoxy) is 1. The molecule has 0 unspecified atom stereocenters. The Bertz CT molecular complexity index is 984. The van der Waals surface area contributed by atoms with E-state index in [0.29, 0.717) is 16.3 Å². The number of hydrogen-bond donors (Lipinski definition) is 2. The maximum absolute atomic E-state index is 12.3. The van der Waals surface area contributed by atoms with Gasteiger partial charge in [0.25, 0.3) is 11.8 Å². The first-order valence-electron chi connectivity index (χ1n) is 8.92. The van der Waals surface area contributed by atoms with Crippen molar-refractivity contribution in [3.8, 4) is 0 Å². The van der Waals surface area contributed by atoms with Gasteiger partial charge in [-0.05, 0) is 24.3 Å². The predicted molar refractivity (Wildman–Crippen MR) is 110 cm³/mol. The first-order valence-corrected chi connectivity index (χ1v) is 9.67. The zero-order chi connectivity index (χ0) is 21.7. The van der Waals surface area contributed by atoms with E-state index in [2.05, 4.69) is 10.9 Å². The molecule has 0 saturated carbocycles. The molecule has 2 N–H and O–H groups in total. The summed E-state index contributed by atoms with van der Waals surface area (Å²) in [4.78, 5) is 49.6. The Hall–Kier alpha value is -3.10. The Balaban J connectivity index is 1.48. The van der Waals surface area contributed by atoms with E-state index in [0.717, 1.165) is 0 Å². The summed E-state index contributed by atoms with van der Waals surface area (Å²) in [7, 11) is 0. The van der Waals surface area contributed by atoms with Gasteiger partial charge in [-0.1, -0.05) is 47.5 Å². The van der Waals surface area contributed by atoms with Gasteiger partial charge in [-0.3, -0.25) is 30.0 Å². The minimum Gasteiger partial charge on any atom is -0.455 e. The molecule has 0 spiro atoms. The second-order valence-electron chi connectivity index (χ2n) is 6.45. The molecule has 3 amide bonds. The van der Waals surface area contributed by atoms with Crippen molar-refractivity contribution in [3.05, 3.63) is 64.1 Å². The van der Waals surface area contributed by atoms with Crippen LogP contribution in [0, 0.1) is 5.92 Å². The van der Waals surface area contributed by atoms with Gasteiger partial charge in [0.05, 0.1) is 21.7 Å². The lowest BCUT2D eigenvalue weighted by atomic mass is 10.1. The number of anilines is 1. The number of hydrogen-bond acceptors (Lipinski definition) is 5. The van der Waals surface area contributed by atoms with Crippen molar-refractivity contribution in [1.82, 2.24) is 10.9 Å². The van der Waals surface area contributed by atoms with Crippen molar-refractivity contribution >= 4 is 52.6 Å². The summed E-state index contributed by atoms with van der Waals surface area (Å²) in [5, 5.41) is 0.511. The number of benzene rings is 2. The van der Waals surface area contributed by atoms with Crippen LogP contribution in [-0.2, 0) is 19.1 Å². The third kappa shape index (κ3) is 5.08. The van der Waals surface area contributed by atoms with Crippen molar-refractivity contribution in [2.24, 2.45) is 5.92 Å². The molecule has 3 rings (SSSR count). The number of nitrogens with zero attached hydrogens (tertiary/aromatic N) is 1. The number of halogens is 2. The molecule has 0 radical (unpaired) electrons. The van der Waals surface area contributed by atoms with E-state index in [1.807, 2.05) is 0 Å². The zero-order valence-electron chi connectivity index (χ0n) is 15.6. The molecule has 0 bridgehead atoms. The molecule has 1 heterocycles. The van der Waals surface area contributed by atoms with Crippen LogP contribution >= 0.6 is 23.2 Å². The van der Waals surface area contributed by atoms with Gasteiger partial charge < -0.3 is 9.64 Å². The molecule has 0 aliphatic carbocycles. The third-order valence-corrected chi connectivity index (χ3v) is 5.19. The molecule has 1 aliphatic rings. The molecule has 10 heteroatoms.